The van der Waals surface area contributed by atoms with Crippen molar-refractivity contribution in [3.8, 4) is 17.3 Å². The summed E-state index contributed by atoms with van der Waals surface area (Å²) in [7, 11) is 1.41. The number of benzene rings is 1. The summed E-state index contributed by atoms with van der Waals surface area (Å²) in [6.07, 6.45) is -2.03. The van der Waals surface area contributed by atoms with Crippen LogP contribution in [0, 0.1) is 17.2 Å². The summed E-state index contributed by atoms with van der Waals surface area (Å²) in [5, 5.41) is 25.1. The van der Waals surface area contributed by atoms with Crippen LogP contribution < -0.4 is 10.6 Å². The number of nitrogens with zero attached hydrogens (tertiary/aromatic N) is 7. The largest absolute Gasteiger partial charge is 0.483 e. The number of alkyl halides is 3. The third kappa shape index (κ3) is 7.18. The second kappa shape index (κ2) is 14.2. The summed E-state index contributed by atoms with van der Waals surface area (Å²) in [4.78, 5) is 54.9. The Morgan fingerprint density at radius 3 is 2.39 bits per heavy atom. The Balaban J connectivity index is 0.00000154. The maximum Gasteiger partial charge on any atom is 0.435 e. The molecule has 2 aromatic heterocycles. The molecule has 14 nitrogen and oxygen atoms in total. The first-order valence-electron chi connectivity index (χ1n) is 14.3. The van der Waals surface area contributed by atoms with Gasteiger partial charge in [-0.25, -0.2) is 4.98 Å². The second-order valence-corrected chi connectivity index (χ2v) is 10.5. The molecule has 3 aromatic rings. The molecule has 46 heavy (non-hydrogen) atoms. The van der Waals surface area contributed by atoms with Crippen LogP contribution in [0.5, 0.6) is 0 Å². The fourth-order valence-electron chi connectivity index (χ4n) is 5.22. The number of nitriles is 1. The molecule has 3 amide bonds. The number of halogens is 3. The van der Waals surface area contributed by atoms with Crippen LogP contribution >= 0.6 is 0 Å². The average molecular weight is 644 g/mol. The molecule has 244 valence electrons. The number of anilines is 1. The summed E-state index contributed by atoms with van der Waals surface area (Å²) < 4.78 is 43.0. The van der Waals surface area contributed by atoms with Gasteiger partial charge in [0, 0.05) is 63.8 Å². The van der Waals surface area contributed by atoms with Gasteiger partial charge in [-0.15, -0.1) is 0 Å². The summed E-state index contributed by atoms with van der Waals surface area (Å²) in [5.74, 6) is -0.817. The van der Waals surface area contributed by atoms with E-state index in [-0.39, 0.29) is 47.8 Å². The van der Waals surface area contributed by atoms with E-state index in [1.807, 2.05) is 6.92 Å². The van der Waals surface area contributed by atoms with E-state index in [0.29, 0.717) is 62.5 Å². The molecular weight excluding hydrogens is 611 g/mol. The smallest absolute Gasteiger partial charge is 0.435 e. The molecule has 3 N–H and O–H groups in total. The highest BCUT2D eigenvalue weighted by Gasteiger charge is 2.39. The zero-order valence-corrected chi connectivity index (χ0v) is 25.0. The lowest BCUT2D eigenvalue weighted by Gasteiger charge is -2.38. The Bertz CT molecular complexity index is 1650. The number of carboxylic acid groups (broad SMARTS) is 1. The van der Waals surface area contributed by atoms with Gasteiger partial charge in [0.15, 0.2) is 11.5 Å². The lowest BCUT2D eigenvalue weighted by atomic mass is 10.0. The maximum absolute atomic E-state index is 13.6. The van der Waals surface area contributed by atoms with Crippen LogP contribution in [0.1, 0.15) is 39.2 Å². The lowest BCUT2D eigenvalue weighted by Crippen LogP contribution is -2.57. The fourth-order valence-corrected chi connectivity index (χ4v) is 5.22. The highest BCUT2D eigenvalue weighted by atomic mass is 19.4. The number of amides is 3. The molecule has 5 rings (SSSR count). The third-order valence-corrected chi connectivity index (χ3v) is 7.71. The number of rotatable bonds is 7. The molecule has 2 aliphatic heterocycles. The molecule has 17 heteroatoms. The van der Waals surface area contributed by atoms with Crippen LogP contribution in [0.25, 0.3) is 11.3 Å². The van der Waals surface area contributed by atoms with Crippen LogP contribution in [0.3, 0.4) is 0 Å². The highest BCUT2D eigenvalue weighted by molar-refractivity contribution is 6.03. The van der Waals surface area contributed by atoms with Gasteiger partial charge in [-0.1, -0.05) is 6.92 Å². The zero-order chi connectivity index (χ0) is 33.6. The molecule has 0 spiro atoms. The molecule has 0 aliphatic carbocycles. The quantitative estimate of drug-likeness (QED) is 0.324. The van der Waals surface area contributed by atoms with Crippen LogP contribution in [-0.2, 0) is 35.8 Å². The predicted molar refractivity (Wildman–Crippen MR) is 156 cm³/mol. The summed E-state index contributed by atoms with van der Waals surface area (Å²) in [6, 6.07) is 6.66. The standard InChI is InChI=1S/C28H30F3N9O3.CH2O2/c1-3-17-12-19(4-5-20(17)27(43)39-10-8-38(9-11-39)26(42)18-13-33-14-18)35-25(41)24-34-15-22(37(24)2)21-16-40(7-6-32)36-23(21)28(29,30)31;2-1-3/h4-5,12,15-16,18,33H,3,7-11,13-14H2,1-2H3,(H,35,41);1H,(H,2,3). The van der Waals surface area contributed by atoms with Crippen LogP contribution in [0.15, 0.2) is 30.6 Å². The van der Waals surface area contributed by atoms with Gasteiger partial charge >= 0.3 is 6.18 Å². The van der Waals surface area contributed by atoms with E-state index in [9.17, 15) is 27.6 Å². The van der Waals surface area contributed by atoms with Crippen molar-refractivity contribution in [2.24, 2.45) is 13.0 Å². The molecule has 0 bridgehead atoms. The minimum Gasteiger partial charge on any atom is -0.483 e. The Kier molecular flexibility index (Phi) is 10.4. The molecular formula is C29H32F3N9O5. The SMILES string of the molecule is CCc1cc(NC(=O)c2ncc(-c3cn(CC#N)nc3C(F)(F)F)n2C)ccc1C(=O)N1CCN(C(=O)C2CNC2)CC1.O=CO. The maximum atomic E-state index is 13.6. The van der Waals surface area contributed by atoms with Crippen molar-refractivity contribution in [2.75, 3.05) is 44.6 Å². The van der Waals surface area contributed by atoms with Gasteiger partial charge in [-0.05, 0) is 30.2 Å². The molecule has 2 aliphatic rings. The van der Waals surface area contributed by atoms with Crippen molar-refractivity contribution in [3.05, 3.63) is 53.2 Å². The number of carbonyl (C=O) groups excluding carboxylic acids is 3. The van der Waals surface area contributed by atoms with Gasteiger partial charge in [-0.3, -0.25) is 23.9 Å². The Morgan fingerprint density at radius 1 is 1.17 bits per heavy atom. The number of carbonyl (C=O) groups is 4. The molecule has 0 unspecified atom stereocenters. The third-order valence-electron chi connectivity index (χ3n) is 7.71. The number of hydrogen-bond acceptors (Lipinski definition) is 8. The van der Waals surface area contributed by atoms with Crippen molar-refractivity contribution in [2.45, 2.75) is 26.1 Å². The minimum atomic E-state index is -4.78. The molecule has 1 aromatic carbocycles. The molecule has 2 saturated heterocycles. The van der Waals surface area contributed by atoms with E-state index < -0.39 is 17.8 Å². The van der Waals surface area contributed by atoms with Crippen molar-refractivity contribution < 1.29 is 37.5 Å². The molecule has 4 heterocycles. The molecule has 0 radical (unpaired) electrons. The fraction of sp³-hybridized carbons (Fsp3) is 0.414. The van der Waals surface area contributed by atoms with E-state index >= 15 is 0 Å². The van der Waals surface area contributed by atoms with Crippen LogP contribution in [0.2, 0.25) is 0 Å². The van der Waals surface area contributed by atoms with E-state index in [4.69, 9.17) is 15.2 Å². The summed E-state index contributed by atoms with van der Waals surface area (Å²) in [5.41, 5.74) is 0.111. The minimum absolute atomic E-state index is 0.00278. The number of piperazine rings is 1. The lowest BCUT2D eigenvalue weighted by molar-refractivity contribution is -0.141. The topological polar surface area (TPSA) is 178 Å². The van der Waals surface area contributed by atoms with Crippen LogP contribution in [0.4, 0.5) is 18.9 Å². The van der Waals surface area contributed by atoms with Gasteiger partial charge in [0.05, 0.1) is 29.4 Å². The van der Waals surface area contributed by atoms with E-state index in [2.05, 4.69) is 20.7 Å². The van der Waals surface area contributed by atoms with Crippen LogP contribution in [-0.4, -0.2) is 97.7 Å². The number of aromatic nitrogens is 4. The number of imidazole rings is 1. The predicted octanol–water partition coefficient (Wildman–Crippen LogP) is 1.85. The number of nitrogens with one attached hydrogen (secondary N) is 2. The van der Waals surface area contributed by atoms with E-state index in [1.165, 1.54) is 11.6 Å². The van der Waals surface area contributed by atoms with Crippen molar-refractivity contribution in [3.63, 3.8) is 0 Å². The summed E-state index contributed by atoms with van der Waals surface area (Å²) >= 11 is 0. The second-order valence-electron chi connectivity index (χ2n) is 10.5. The Labute approximate surface area is 261 Å². The first-order chi connectivity index (χ1) is 21.9. The van der Waals surface area contributed by atoms with E-state index in [1.54, 1.807) is 34.1 Å². The van der Waals surface area contributed by atoms with Gasteiger partial charge in [0.2, 0.25) is 5.91 Å². The molecule has 0 saturated carbocycles. The Hall–Kier alpha value is -5.24. The first kappa shape index (κ1) is 33.6. The number of aryl methyl sites for hydroxylation is 1. The van der Waals surface area contributed by atoms with Crippen molar-refractivity contribution in [1.82, 2.24) is 34.4 Å². The highest BCUT2D eigenvalue weighted by Crippen LogP contribution is 2.36. The van der Waals surface area contributed by atoms with E-state index in [0.717, 1.165) is 17.1 Å². The van der Waals surface area contributed by atoms with Gasteiger partial charge in [-0.2, -0.15) is 23.5 Å². The average Bonchev–Trinajstić information content (AvgIpc) is 3.60. The van der Waals surface area contributed by atoms with Gasteiger partial charge in [0.25, 0.3) is 18.3 Å². The Morgan fingerprint density at radius 2 is 1.83 bits per heavy atom. The van der Waals surface area contributed by atoms with Gasteiger partial charge in [0.1, 0.15) is 6.54 Å². The van der Waals surface area contributed by atoms with Gasteiger partial charge < -0.3 is 30.1 Å². The van der Waals surface area contributed by atoms with Crippen molar-refractivity contribution >= 4 is 29.9 Å². The first-order valence-corrected chi connectivity index (χ1v) is 14.3. The zero-order valence-electron chi connectivity index (χ0n) is 25.0. The normalized spacial score (nSPS) is 14.9. The number of hydrogen-bond donors (Lipinski definition) is 3. The van der Waals surface area contributed by atoms with Crippen molar-refractivity contribution in [1.29, 1.82) is 5.26 Å². The molecule has 0 atom stereocenters. The monoisotopic (exact) mass is 643 g/mol. The summed E-state index contributed by atoms with van der Waals surface area (Å²) in [6.45, 7) is 4.46. The molecule has 2 fully saturated rings.